The van der Waals surface area contributed by atoms with Crippen LogP contribution in [0.25, 0.3) is 0 Å². The molecule has 1 aliphatic heterocycles. The summed E-state index contributed by atoms with van der Waals surface area (Å²) in [5, 5.41) is 3.56. The van der Waals surface area contributed by atoms with Crippen molar-refractivity contribution in [3.63, 3.8) is 0 Å². The van der Waals surface area contributed by atoms with Gasteiger partial charge in [0.15, 0.2) is 0 Å². The number of carbonyl (C=O) groups is 1. The fraction of sp³-hybridized carbons (Fsp3) is 0.938. The van der Waals surface area contributed by atoms with Gasteiger partial charge < -0.3 is 20.7 Å². The lowest BCUT2D eigenvalue weighted by molar-refractivity contribution is 0.0161. The summed E-state index contributed by atoms with van der Waals surface area (Å²) in [6.45, 7) is 8.44. The zero-order valence-electron chi connectivity index (χ0n) is 13.7. The minimum Gasteiger partial charge on any atom is -0.444 e. The van der Waals surface area contributed by atoms with Gasteiger partial charge in [-0.1, -0.05) is 0 Å². The maximum atomic E-state index is 12.1. The van der Waals surface area contributed by atoms with E-state index in [0.29, 0.717) is 18.0 Å². The molecule has 1 atom stereocenters. The molecule has 0 aromatic heterocycles. The molecule has 5 heteroatoms. The topological polar surface area (TPSA) is 67.6 Å². The summed E-state index contributed by atoms with van der Waals surface area (Å²) in [7, 11) is 0. The highest BCUT2D eigenvalue weighted by atomic mass is 16.6. The first kappa shape index (κ1) is 16.6. The van der Waals surface area contributed by atoms with E-state index in [1.807, 2.05) is 25.7 Å². The van der Waals surface area contributed by atoms with Gasteiger partial charge in [0.1, 0.15) is 5.60 Å². The van der Waals surface area contributed by atoms with Gasteiger partial charge in [0, 0.05) is 25.2 Å². The Balaban J connectivity index is 1.67. The number of amides is 1. The number of nitrogens with zero attached hydrogens (tertiary/aromatic N) is 1. The van der Waals surface area contributed by atoms with Crippen molar-refractivity contribution < 1.29 is 9.53 Å². The maximum absolute atomic E-state index is 12.1. The summed E-state index contributed by atoms with van der Waals surface area (Å²) in [6.07, 6.45) is 5.47. The zero-order chi connectivity index (χ0) is 15.5. The number of hydrogen-bond donors (Lipinski definition) is 2. The Morgan fingerprint density at radius 3 is 2.71 bits per heavy atom. The van der Waals surface area contributed by atoms with Crippen LogP contribution >= 0.6 is 0 Å². The molecule has 1 saturated heterocycles. The second-order valence-corrected chi connectivity index (χ2v) is 7.61. The van der Waals surface area contributed by atoms with E-state index in [4.69, 9.17) is 10.5 Å². The second kappa shape index (κ2) is 6.97. The molecule has 0 aromatic rings. The van der Waals surface area contributed by atoms with E-state index in [-0.39, 0.29) is 6.09 Å². The van der Waals surface area contributed by atoms with Gasteiger partial charge in [-0.05, 0) is 65.3 Å². The summed E-state index contributed by atoms with van der Waals surface area (Å²) in [5.74, 6) is 0.590. The van der Waals surface area contributed by atoms with Crippen LogP contribution in [0.2, 0.25) is 0 Å². The Bertz CT molecular complexity index is 348. The molecule has 21 heavy (non-hydrogen) atoms. The van der Waals surface area contributed by atoms with Gasteiger partial charge in [-0.3, -0.25) is 0 Å². The number of rotatable bonds is 4. The number of likely N-dealkylation sites (tertiary alicyclic amines) is 1. The Morgan fingerprint density at radius 2 is 2.10 bits per heavy atom. The van der Waals surface area contributed by atoms with Crippen molar-refractivity contribution >= 4 is 6.09 Å². The fourth-order valence-corrected chi connectivity index (χ4v) is 3.11. The molecule has 1 amide bonds. The lowest BCUT2D eigenvalue weighted by atomic mass is 9.87. The van der Waals surface area contributed by atoms with Gasteiger partial charge in [-0.25, -0.2) is 4.79 Å². The van der Waals surface area contributed by atoms with Gasteiger partial charge in [0.25, 0.3) is 0 Å². The van der Waals surface area contributed by atoms with Crippen LogP contribution in [0.5, 0.6) is 0 Å². The molecular weight excluding hydrogens is 266 g/mol. The van der Waals surface area contributed by atoms with E-state index in [0.717, 1.165) is 45.3 Å². The highest BCUT2D eigenvalue weighted by Gasteiger charge is 2.28. The summed E-state index contributed by atoms with van der Waals surface area (Å²) in [5.41, 5.74) is 5.38. The predicted octanol–water partition coefficient (Wildman–Crippen LogP) is 2.10. The van der Waals surface area contributed by atoms with Crippen LogP contribution in [0, 0.1) is 5.92 Å². The van der Waals surface area contributed by atoms with Crippen LogP contribution in [-0.2, 0) is 4.74 Å². The fourth-order valence-electron chi connectivity index (χ4n) is 3.11. The molecule has 1 aliphatic carbocycles. The Morgan fingerprint density at radius 1 is 1.38 bits per heavy atom. The quantitative estimate of drug-likeness (QED) is 0.834. The average molecular weight is 297 g/mol. The van der Waals surface area contributed by atoms with Gasteiger partial charge >= 0.3 is 6.09 Å². The highest BCUT2D eigenvalue weighted by molar-refractivity contribution is 5.68. The normalized spacial score (nSPS) is 29.9. The van der Waals surface area contributed by atoms with Gasteiger partial charge in [0.05, 0.1) is 0 Å². The molecule has 0 spiro atoms. The first-order chi connectivity index (χ1) is 9.83. The summed E-state index contributed by atoms with van der Waals surface area (Å²) < 4.78 is 5.46. The molecule has 1 saturated carbocycles. The standard InChI is InChI=1S/C16H31N3O2/c1-16(2,3)21-15(20)19-8-4-5-12(11-19)6-7-18-14-9-13(17)10-14/h12-14,18H,4-11,17H2,1-3H3. The molecule has 0 bridgehead atoms. The van der Waals surface area contributed by atoms with E-state index < -0.39 is 5.60 Å². The Kier molecular flexibility index (Phi) is 5.49. The van der Waals surface area contributed by atoms with E-state index in [2.05, 4.69) is 5.32 Å². The lowest BCUT2D eigenvalue weighted by Crippen LogP contribution is -2.49. The molecular formula is C16H31N3O2. The van der Waals surface area contributed by atoms with Crippen molar-refractivity contribution in [2.24, 2.45) is 11.7 Å². The molecule has 122 valence electrons. The second-order valence-electron chi connectivity index (χ2n) is 7.61. The number of nitrogens with one attached hydrogen (secondary N) is 1. The number of nitrogens with two attached hydrogens (primary N) is 1. The molecule has 0 radical (unpaired) electrons. The summed E-state index contributed by atoms with van der Waals surface area (Å²) in [6, 6.07) is 1.02. The maximum Gasteiger partial charge on any atom is 0.410 e. The largest absolute Gasteiger partial charge is 0.444 e. The van der Waals surface area contributed by atoms with Crippen molar-refractivity contribution in [1.82, 2.24) is 10.2 Å². The first-order valence-electron chi connectivity index (χ1n) is 8.30. The van der Waals surface area contributed by atoms with Crippen LogP contribution in [0.3, 0.4) is 0 Å². The Hall–Kier alpha value is -0.810. The number of piperidine rings is 1. The molecule has 3 N–H and O–H groups in total. The molecule has 1 heterocycles. The SMILES string of the molecule is CC(C)(C)OC(=O)N1CCCC(CCNC2CC(N)C2)C1. The Labute approximate surface area is 128 Å². The minimum absolute atomic E-state index is 0.162. The van der Waals surface area contributed by atoms with Gasteiger partial charge in [-0.2, -0.15) is 0 Å². The van der Waals surface area contributed by atoms with Crippen molar-refractivity contribution in [3.8, 4) is 0 Å². The molecule has 0 aromatic carbocycles. The van der Waals surface area contributed by atoms with Crippen LogP contribution in [-0.4, -0.2) is 48.3 Å². The smallest absolute Gasteiger partial charge is 0.410 e. The third kappa shape index (κ3) is 5.47. The van der Waals surface area contributed by atoms with Gasteiger partial charge in [-0.15, -0.1) is 0 Å². The molecule has 2 fully saturated rings. The lowest BCUT2D eigenvalue weighted by Gasteiger charge is -2.36. The highest BCUT2D eigenvalue weighted by Crippen LogP contribution is 2.22. The van der Waals surface area contributed by atoms with Crippen LogP contribution < -0.4 is 11.1 Å². The number of ether oxygens (including phenoxy) is 1. The number of carbonyl (C=O) groups excluding carboxylic acids is 1. The van der Waals surface area contributed by atoms with E-state index in [1.54, 1.807) is 0 Å². The summed E-state index contributed by atoms with van der Waals surface area (Å²) in [4.78, 5) is 14.0. The minimum atomic E-state index is -0.408. The molecule has 5 nitrogen and oxygen atoms in total. The predicted molar refractivity (Wildman–Crippen MR) is 84.1 cm³/mol. The van der Waals surface area contributed by atoms with E-state index in [1.165, 1.54) is 6.42 Å². The molecule has 2 rings (SSSR count). The molecule has 2 aliphatic rings. The van der Waals surface area contributed by atoms with Crippen molar-refractivity contribution in [3.05, 3.63) is 0 Å². The van der Waals surface area contributed by atoms with Crippen LogP contribution in [0.1, 0.15) is 52.9 Å². The third-order valence-corrected chi connectivity index (χ3v) is 4.33. The van der Waals surface area contributed by atoms with Crippen LogP contribution in [0.15, 0.2) is 0 Å². The zero-order valence-corrected chi connectivity index (χ0v) is 13.7. The van der Waals surface area contributed by atoms with Crippen molar-refractivity contribution in [2.75, 3.05) is 19.6 Å². The summed E-state index contributed by atoms with van der Waals surface area (Å²) >= 11 is 0. The van der Waals surface area contributed by atoms with E-state index in [9.17, 15) is 4.79 Å². The van der Waals surface area contributed by atoms with E-state index >= 15 is 0 Å². The van der Waals surface area contributed by atoms with Crippen LogP contribution in [0.4, 0.5) is 4.79 Å². The van der Waals surface area contributed by atoms with Crippen molar-refractivity contribution in [2.45, 2.75) is 70.6 Å². The average Bonchev–Trinajstić information content (AvgIpc) is 2.35. The number of hydrogen-bond acceptors (Lipinski definition) is 4. The van der Waals surface area contributed by atoms with Gasteiger partial charge in [0.2, 0.25) is 0 Å². The first-order valence-corrected chi connectivity index (χ1v) is 8.30. The molecule has 1 unspecified atom stereocenters. The van der Waals surface area contributed by atoms with Crippen molar-refractivity contribution in [1.29, 1.82) is 0 Å². The monoisotopic (exact) mass is 297 g/mol. The third-order valence-electron chi connectivity index (χ3n) is 4.33.